The van der Waals surface area contributed by atoms with E-state index in [0.717, 1.165) is 12.8 Å². The molecule has 0 aromatic heterocycles. The predicted molar refractivity (Wildman–Crippen MR) is 69.5 cm³/mol. The SMILES string of the molecule is CC(CN)(NC(=O)CC1=CCCCC1)C1CC1. The molecule has 3 N–H and O–H groups in total. The summed E-state index contributed by atoms with van der Waals surface area (Å²) in [7, 11) is 0. The van der Waals surface area contributed by atoms with Crippen molar-refractivity contribution in [3.63, 3.8) is 0 Å². The molecule has 1 unspecified atom stereocenters. The van der Waals surface area contributed by atoms with Crippen molar-refractivity contribution in [1.29, 1.82) is 0 Å². The highest BCUT2D eigenvalue weighted by Gasteiger charge is 2.41. The van der Waals surface area contributed by atoms with Gasteiger partial charge >= 0.3 is 0 Å². The molecular formula is C14H24N2O. The summed E-state index contributed by atoms with van der Waals surface area (Å²) in [6.45, 7) is 2.63. The zero-order valence-corrected chi connectivity index (χ0v) is 10.8. The van der Waals surface area contributed by atoms with Crippen molar-refractivity contribution in [2.75, 3.05) is 6.54 Å². The van der Waals surface area contributed by atoms with Crippen LogP contribution >= 0.6 is 0 Å². The van der Waals surface area contributed by atoms with Gasteiger partial charge in [-0.05, 0) is 51.4 Å². The van der Waals surface area contributed by atoms with Gasteiger partial charge in [-0.2, -0.15) is 0 Å². The Morgan fingerprint density at radius 1 is 1.53 bits per heavy atom. The minimum atomic E-state index is -0.174. The normalized spacial score (nSPS) is 23.8. The van der Waals surface area contributed by atoms with E-state index in [4.69, 9.17) is 5.73 Å². The Kier molecular flexibility index (Phi) is 3.87. The molecule has 0 aromatic rings. The number of carbonyl (C=O) groups excluding carboxylic acids is 1. The Labute approximate surface area is 104 Å². The molecule has 3 nitrogen and oxygen atoms in total. The van der Waals surface area contributed by atoms with Crippen LogP contribution in [0.4, 0.5) is 0 Å². The first kappa shape index (κ1) is 12.6. The molecule has 2 rings (SSSR count). The van der Waals surface area contributed by atoms with E-state index in [2.05, 4.69) is 18.3 Å². The summed E-state index contributed by atoms with van der Waals surface area (Å²) in [6.07, 6.45) is 9.95. The van der Waals surface area contributed by atoms with E-state index in [1.807, 2.05) is 0 Å². The van der Waals surface area contributed by atoms with Gasteiger partial charge in [0, 0.05) is 13.0 Å². The van der Waals surface area contributed by atoms with Crippen molar-refractivity contribution in [3.05, 3.63) is 11.6 Å². The summed E-state index contributed by atoms with van der Waals surface area (Å²) in [4.78, 5) is 12.0. The first-order valence-electron chi connectivity index (χ1n) is 6.83. The molecule has 2 aliphatic carbocycles. The molecule has 2 aliphatic rings. The number of carbonyl (C=O) groups is 1. The van der Waals surface area contributed by atoms with Gasteiger partial charge in [-0.3, -0.25) is 4.79 Å². The lowest BCUT2D eigenvalue weighted by molar-refractivity contribution is -0.122. The summed E-state index contributed by atoms with van der Waals surface area (Å²) >= 11 is 0. The van der Waals surface area contributed by atoms with Crippen LogP contribution in [0, 0.1) is 5.92 Å². The fourth-order valence-electron chi connectivity index (χ4n) is 2.67. The predicted octanol–water partition coefficient (Wildman–Crippen LogP) is 2.12. The molecule has 0 spiro atoms. The monoisotopic (exact) mass is 236 g/mol. The average molecular weight is 236 g/mol. The van der Waals surface area contributed by atoms with Crippen molar-refractivity contribution < 1.29 is 4.79 Å². The fourth-order valence-corrected chi connectivity index (χ4v) is 2.67. The molecule has 1 saturated carbocycles. The number of rotatable bonds is 5. The highest BCUT2D eigenvalue weighted by Crippen LogP contribution is 2.39. The maximum Gasteiger partial charge on any atom is 0.224 e. The fraction of sp³-hybridized carbons (Fsp3) is 0.786. The minimum Gasteiger partial charge on any atom is -0.349 e. The molecule has 3 heteroatoms. The van der Waals surface area contributed by atoms with Crippen molar-refractivity contribution in [2.45, 2.75) is 57.4 Å². The third-order valence-electron chi connectivity index (χ3n) is 4.10. The molecule has 0 heterocycles. The van der Waals surface area contributed by atoms with Gasteiger partial charge < -0.3 is 11.1 Å². The molecule has 1 fully saturated rings. The summed E-state index contributed by atoms with van der Waals surface area (Å²) in [5, 5.41) is 3.15. The van der Waals surface area contributed by atoms with Crippen molar-refractivity contribution >= 4 is 5.91 Å². The van der Waals surface area contributed by atoms with E-state index < -0.39 is 0 Å². The van der Waals surface area contributed by atoms with Crippen LogP contribution in [-0.4, -0.2) is 18.0 Å². The van der Waals surface area contributed by atoms with Gasteiger partial charge in [0.1, 0.15) is 0 Å². The minimum absolute atomic E-state index is 0.151. The second-order valence-corrected chi connectivity index (χ2v) is 5.73. The number of nitrogens with one attached hydrogen (secondary N) is 1. The van der Waals surface area contributed by atoms with Crippen LogP contribution in [0.1, 0.15) is 51.9 Å². The molecule has 0 aliphatic heterocycles. The van der Waals surface area contributed by atoms with Crippen LogP contribution in [0.3, 0.4) is 0 Å². The quantitative estimate of drug-likeness (QED) is 0.718. The second-order valence-electron chi connectivity index (χ2n) is 5.73. The number of hydrogen-bond donors (Lipinski definition) is 2. The van der Waals surface area contributed by atoms with Gasteiger partial charge in [-0.25, -0.2) is 0 Å². The molecule has 17 heavy (non-hydrogen) atoms. The molecule has 1 atom stereocenters. The first-order chi connectivity index (χ1) is 8.14. The summed E-state index contributed by atoms with van der Waals surface area (Å²) in [5.74, 6) is 0.745. The molecule has 0 aromatic carbocycles. The Balaban J connectivity index is 1.85. The highest BCUT2D eigenvalue weighted by atomic mass is 16.1. The van der Waals surface area contributed by atoms with Crippen LogP contribution in [0.2, 0.25) is 0 Å². The van der Waals surface area contributed by atoms with Crippen molar-refractivity contribution in [1.82, 2.24) is 5.32 Å². The third kappa shape index (κ3) is 3.32. The Bertz CT molecular complexity index is 320. The van der Waals surface area contributed by atoms with Gasteiger partial charge in [0.05, 0.1) is 5.54 Å². The van der Waals surface area contributed by atoms with Crippen molar-refractivity contribution in [2.24, 2.45) is 11.7 Å². The Hall–Kier alpha value is -0.830. The molecular weight excluding hydrogens is 212 g/mol. The maximum atomic E-state index is 12.0. The second kappa shape index (κ2) is 5.21. The number of allylic oxidation sites excluding steroid dienone is 1. The van der Waals surface area contributed by atoms with Crippen LogP contribution in [-0.2, 0) is 4.79 Å². The number of amides is 1. The average Bonchev–Trinajstić information content (AvgIpc) is 3.14. The zero-order valence-electron chi connectivity index (χ0n) is 10.8. The van der Waals surface area contributed by atoms with Crippen LogP contribution in [0.15, 0.2) is 11.6 Å². The van der Waals surface area contributed by atoms with Gasteiger partial charge in [-0.15, -0.1) is 0 Å². The highest BCUT2D eigenvalue weighted by molar-refractivity contribution is 5.79. The smallest absolute Gasteiger partial charge is 0.224 e. The van der Waals surface area contributed by atoms with Gasteiger partial charge in [0.2, 0.25) is 5.91 Å². The molecule has 0 bridgehead atoms. The van der Waals surface area contributed by atoms with Gasteiger partial charge in [0.25, 0.3) is 0 Å². The molecule has 0 radical (unpaired) electrons. The standard InChI is InChI=1S/C14H24N2O/c1-14(10-15,12-7-8-12)16-13(17)9-11-5-3-2-4-6-11/h5,12H,2-4,6-10,15H2,1H3,(H,16,17). The summed E-state index contributed by atoms with van der Waals surface area (Å²) < 4.78 is 0. The van der Waals surface area contributed by atoms with Crippen LogP contribution in [0.5, 0.6) is 0 Å². The van der Waals surface area contributed by atoms with E-state index in [9.17, 15) is 4.79 Å². The molecule has 96 valence electrons. The topological polar surface area (TPSA) is 55.1 Å². The third-order valence-corrected chi connectivity index (χ3v) is 4.10. The largest absolute Gasteiger partial charge is 0.349 e. The Morgan fingerprint density at radius 3 is 2.82 bits per heavy atom. The lowest BCUT2D eigenvalue weighted by atomic mass is 9.93. The lowest BCUT2D eigenvalue weighted by Gasteiger charge is -2.30. The number of nitrogens with two attached hydrogens (primary N) is 1. The van der Waals surface area contributed by atoms with Crippen molar-refractivity contribution in [3.8, 4) is 0 Å². The first-order valence-corrected chi connectivity index (χ1v) is 6.83. The van der Waals surface area contributed by atoms with E-state index in [-0.39, 0.29) is 11.4 Å². The van der Waals surface area contributed by atoms with E-state index in [0.29, 0.717) is 18.9 Å². The Morgan fingerprint density at radius 2 is 2.29 bits per heavy atom. The lowest BCUT2D eigenvalue weighted by Crippen LogP contribution is -2.53. The van der Waals surface area contributed by atoms with E-state index in [1.165, 1.54) is 31.3 Å². The molecule has 0 saturated heterocycles. The van der Waals surface area contributed by atoms with E-state index in [1.54, 1.807) is 0 Å². The van der Waals surface area contributed by atoms with E-state index >= 15 is 0 Å². The molecule has 1 amide bonds. The summed E-state index contributed by atoms with van der Waals surface area (Å²) in [6, 6.07) is 0. The summed E-state index contributed by atoms with van der Waals surface area (Å²) in [5.41, 5.74) is 6.93. The number of hydrogen-bond acceptors (Lipinski definition) is 2. The maximum absolute atomic E-state index is 12.0. The van der Waals surface area contributed by atoms with Gasteiger partial charge in [-0.1, -0.05) is 11.6 Å². The zero-order chi connectivity index (χ0) is 12.3. The van der Waals surface area contributed by atoms with Gasteiger partial charge in [0.15, 0.2) is 0 Å². The van der Waals surface area contributed by atoms with Crippen LogP contribution < -0.4 is 11.1 Å². The van der Waals surface area contributed by atoms with Crippen LogP contribution in [0.25, 0.3) is 0 Å².